The maximum absolute atomic E-state index is 14.1. The van der Waals surface area contributed by atoms with E-state index in [1.807, 2.05) is 13.8 Å². The summed E-state index contributed by atoms with van der Waals surface area (Å²) in [6, 6.07) is 2.11. The van der Waals surface area contributed by atoms with Crippen molar-refractivity contribution in [3.63, 3.8) is 0 Å². The van der Waals surface area contributed by atoms with Crippen LogP contribution in [0.4, 0.5) is 61.5 Å². The van der Waals surface area contributed by atoms with Crippen LogP contribution in [0.1, 0.15) is 41.0 Å². The largest absolute Gasteiger partial charge is 0.460 e. The first-order chi connectivity index (χ1) is 15.7. The van der Waals surface area contributed by atoms with E-state index in [1.165, 1.54) is 0 Å². The van der Waals surface area contributed by atoms with E-state index in [-0.39, 0.29) is 5.92 Å². The van der Waals surface area contributed by atoms with Gasteiger partial charge >= 0.3 is 57.1 Å². The Morgan fingerprint density at radius 3 is 1.38 bits per heavy atom. The van der Waals surface area contributed by atoms with E-state index >= 15 is 0 Å². The summed E-state index contributed by atoms with van der Waals surface area (Å²) in [7, 11) is -7.25. The van der Waals surface area contributed by atoms with Gasteiger partial charge in [-0.25, -0.2) is 13.2 Å². The van der Waals surface area contributed by atoms with E-state index in [2.05, 4.69) is 15.5 Å². The standard InChI is InChI=1S/C11H10F14O5S.C5H9N/c1-4(12,13)7(17,18)8(19,5(2,14)15)30-9(20,21)6(3,16)29-10(22,23)11(24,25)31(26,27)28;1-3-5(2)4-6/h1-3H3,(H,26,27,28);5H,3H2,1-2H3. The van der Waals surface area contributed by atoms with E-state index in [4.69, 9.17) is 9.81 Å². The number of halogens is 14. The molecule has 0 amide bonds. The molecule has 0 saturated heterocycles. The molecule has 0 aromatic carbocycles. The molecule has 3 atom stereocenters. The van der Waals surface area contributed by atoms with Crippen molar-refractivity contribution in [2.75, 3.05) is 0 Å². The molecule has 0 rings (SSSR count). The van der Waals surface area contributed by atoms with Crippen molar-refractivity contribution < 1.29 is 83.9 Å². The Bertz CT molecular complexity index is 924. The smallest absolute Gasteiger partial charge is 0.281 e. The second-order valence-electron chi connectivity index (χ2n) is 7.53. The normalized spacial score (nSPS) is 18.6. The number of alkyl halides is 14. The van der Waals surface area contributed by atoms with Gasteiger partial charge in [0.1, 0.15) is 0 Å². The van der Waals surface area contributed by atoms with Crippen molar-refractivity contribution in [3.8, 4) is 6.07 Å². The fraction of sp³-hybridized carbons (Fsp3) is 0.938. The molecule has 0 spiro atoms. The van der Waals surface area contributed by atoms with Crippen LogP contribution in [0, 0.1) is 17.2 Å². The highest BCUT2D eigenvalue weighted by Crippen LogP contribution is 2.56. The summed E-state index contributed by atoms with van der Waals surface area (Å²) in [5.74, 6) is -31.7. The Balaban J connectivity index is 0. The second kappa shape index (κ2) is 10.8. The molecule has 0 fully saturated rings. The van der Waals surface area contributed by atoms with Crippen LogP contribution in [-0.4, -0.2) is 59.9 Å². The molecule has 21 heteroatoms. The van der Waals surface area contributed by atoms with Crippen LogP contribution in [0.25, 0.3) is 0 Å². The molecule has 0 aliphatic rings. The summed E-state index contributed by atoms with van der Waals surface area (Å²) in [5, 5.41) is 1.16. The Kier molecular flexibility index (Phi) is 11.0. The molecule has 6 nitrogen and oxygen atoms in total. The highest BCUT2D eigenvalue weighted by molar-refractivity contribution is 7.86. The molecule has 37 heavy (non-hydrogen) atoms. The zero-order chi connectivity index (χ0) is 30.9. The molecule has 0 radical (unpaired) electrons. The average Bonchev–Trinajstić information content (AvgIpc) is 2.63. The van der Waals surface area contributed by atoms with Gasteiger partial charge in [0.05, 0.1) is 6.07 Å². The third-order valence-corrected chi connectivity index (χ3v) is 5.01. The maximum Gasteiger partial charge on any atom is 0.460 e. The predicted molar refractivity (Wildman–Crippen MR) is 93.2 cm³/mol. The van der Waals surface area contributed by atoms with Crippen LogP contribution in [-0.2, 0) is 19.6 Å². The Morgan fingerprint density at radius 2 is 1.16 bits per heavy atom. The third-order valence-electron chi connectivity index (χ3n) is 4.12. The first kappa shape index (κ1) is 37.5. The summed E-state index contributed by atoms with van der Waals surface area (Å²) < 4.78 is 219. The first-order valence-corrected chi connectivity index (χ1v) is 10.6. The molecule has 0 aliphatic carbocycles. The van der Waals surface area contributed by atoms with Crippen molar-refractivity contribution in [2.45, 2.75) is 88.0 Å². The Morgan fingerprint density at radius 1 is 0.784 bits per heavy atom. The number of hydrogen-bond donors (Lipinski definition) is 1. The van der Waals surface area contributed by atoms with Gasteiger partial charge in [0.25, 0.3) is 0 Å². The molecule has 0 bridgehead atoms. The highest BCUT2D eigenvalue weighted by Gasteiger charge is 2.82. The van der Waals surface area contributed by atoms with Crippen molar-refractivity contribution >= 4 is 10.1 Å². The minimum atomic E-state index is -7.25. The molecule has 0 aromatic heterocycles. The molecule has 222 valence electrons. The molecule has 0 aromatic rings. The van der Waals surface area contributed by atoms with Crippen molar-refractivity contribution in [3.05, 3.63) is 0 Å². The van der Waals surface area contributed by atoms with Crippen LogP contribution in [0.5, 0.6) is 0 Å². The highest BCUT2D eigenvalue weighted by atomic mass is 32.2. The molecular weight excluding hydrogens is 584 g/mol. The number of ether oxygens (including phenoxy) is 2. The topological polar surface area (TPSA) is 96.6 Å². The second-order valence-corrected chi connectivity index (χ2v) is 8.99. The number of nitrogens with zero attached hydrogens (tertiary/aromatic N) is 1. The van der Waals surface area contributed by atoms with Gasteiger partial charge in [0.2, 0.25) is 0 Å². The number of rotatable bonds is 11. The average molecular weight is 603 g/mol. The lowest BCUT2D eigenvalue weighted by molar-refractivity contribution is -0.512. The van der Waals surface area contributed by atoms with Gasteiger partial charge < -0.3 is 0 Å². The molecule has 0 heterocycles. The van der Waals surface area contributed by atoms with Crippen LogP contribution in [0.3, 0.4) is 0 Å². The Hall–Kier alpha value is -1.66. The van der Waals surface area contributed by atoms with Gasteiger partial charge in [0, 0.05) is 26.7 Å². The summed E-state index contributed by atoms with van der Waals surface area (Å²) in [5.41, 5.74) is 0. The third kappa shape index (κ3) is 7.69. The van der Waals surface area contributed by atoms with Gasteiger partial charge in [-0.15, -0.1) is 0 Å². The molecule has 0 aliphatic heterocycles. The van der Waals surface area contributed by atoms with E-state index in [9.17, 15) is 69.9 Å². The van der Waals surface area contributed by atoms with Crippen LogP contribution < -0.4 is 0 Å². The fourth-order valence-corrected chi connectivity index (χ4v) is 1.92. The number of hydrogen-bond acceptors (Lipinski definition) is 5. The lowest BCUT2D eigenvalue weighted by Crippen LogP contribution is -2.68. The van der Waals surface area contributed by atoms with Crippen molar-refractivity contribution in [1.29, 1.82) is 5.26 Å². The van der Waals surface area contributed by atoms with Crippen LogP contribution in [0.15, 0.2) is 0 Å². The van der Waals surface area contributed by atoms with Gasteiger partial charge in [0.15, 0.2) is 0 Å². The maximum atomic E-state index is 14.1. The predicted octanol–water partition coefficient (Wildman–Crippen LogP) is 6.54. The zero-order valence-corrected chi connectivity index (χ0v) is 19.8. The lowest BCUT2D eigenvalue weighted by atomic mass is 9.98. The molecule has 1 N–H and O–H groups in total. The first-order valence-electron chi connectivity index (χ1n) is 9.14. The minimum Gasteiger partial charge on any atom is -0.281 e. The summed E-state index contributed by atoms with van der Waals surface area (Å²) in [4.78, 5) is 0. The lowest BCUT2D eigenvalue weighted by Gasteiger charge is -2.43. The Labute approximate surface area is 200 Å². The van der Waals surface area contributed by atoms with Crippen LogP contribution in [0.2, 0.25) is 0 Å². The number of nitriles is 1. The fourth-order valence-electron chi connectivity index (χ4n) is 1.58. The van der Waals surface area contributed by atoms with E-state index in [1.54, 1.807) is 0 Å². The van der Waals surface area contributed by atoms with Gasteiger partial charge in [-0.05, 0) is 13.3 Å². The van der Waals surface area contributed by atoms with E-state index in [0.717, 1.165) is 6.42 Å². The monoisotopic (exact) mass is 603 g/mol. The SMILES string of the molecule is CC(F)(F)C(F)(F)C(F)(OC(F)(F)C(C)(F)OC(F)(F)C(F)(F)S(=O)(=O)O)C(C)(F)F.CCC(C)C#N. The quantitative estimate of drug-likeness (QED) is 0.213. The molecular formula is C16H19F14NO5S. The molecule has 0 saturated carbocycles. The summed E-state index contributed by atoms with van der Waals surface area (Å²) >= 11 is 0. The summed E-state index contributed by atoms with van der Waals surface area (Å²) in [6.45, 7) is 0.728. The van der Waals surface area contributed by atoms with Crippen molar-refractivity contribution in [1.82, 2.24) is 0 Å². The zero-order valence-electron chi connectivity index (χ0n) is 19.0. The van der Waals surface area contributed by atoms with Crippen LogP contribution >= 0.6 is 0 Å². The minimum absolute atomic E-state index is 0.241. The van der Waals surface area contributed by atoms with Gasteiger partial charge in [-0.3, -0.25) is 14.0 Å². The summed E-state index contributed by atoms with van der Waals surface area (Å²) in [6.07, 6.45) is -13.0. The molecule has 3 unspecified atom stereocenters. The van der Waals surface area contributed by atoms with E-state index < -0.39 is 77.8 Å². The van der Waals surface area contributed by atoms with Gasteiger partial charge in [-0.1, -0.05) is 6.92 Å². The van der Waals surface area contributed by atoms with Crippen molar-refractivity contribution in [2.24, 2.45) is 5.92 Å². The van der Waals surface area contributed by atoms with E-state index in [0.29, 0.717) is 0 Å². The van der Waals surface area contributed by atoms with Gasteiger partial charge in [-0.2, -0.15) is 62.0 Å².